The Hall–Kier alpha value is -3.12. The summed E-state index contributed by atoms with van der Waals surface area (Å²) in [6.07, 6.45) is 1.17. The van der Waals surface area contributed by atoms with Crippen LogP contribution in [-0.4, -0.2) is 20.6 Å². The van der Waals surface area contributed by atoms with Gasteiger partial charge in [0.05, 0.1) is 10.9 Å². The largest absolute Gasteiger partial charge is 0.489 e. The van der Waals surface area contributed by atoms with E-state index >= 15 is 0 Å². The van der Waals surface area contributed by atoms with Crippen molar-refractivity contribution < 1.29 is 17.9 Å². The fourth-order valence-electron chi connectivity index (χ4n) is 2.84. The smallest absolute Gasteiger partial charge is 0.251 e. The maximum Gasteiger partial charge on any atom is 0.251 e. The number of benzene rings is 3. The zero-order valence-corrected chi connectivity index (χ0v) is 17.1. The summed E-state index contributed by atoms with van der Waals surface area (Å²) in [6.45, 7) is 2.28. The first kappa shape index (κ1) is 20.6. The Bertz CT molecular complexity index is 1080. The molecule has 0 radical (unpaired) electrons. The molecule has 0 aliphatic heterocycles. The second-order valence-corrected chi connectivity index (χ2v) is 8.85. The van der Waals surface area contributed by atoms with Gasteiger partial charge in [-0.2, -0.15) is 0 Å². The van der Waals surface area contributed by atoms with Crippen LogP contribution in [0, 0.1) is 0 Å². The quantitative estimate of drug-likeness (QED) is 0.636. The van der Waals surface area contributed by atoms with Crippen LogP contribution >= 0.6 is 0 Å². The number of ether oxygens (including phenoxy) is 1. The van der Waals surface area contributed by atoms with Crippen molar-refractivity contribution in [2.75, 3.05) is 6.26 Å². The van der Waals surface area contributed by atoms with Crippen LogP contribution in [0.1, 0.15) is 34.5 Å². The normalized spacial score (nSPS) is 12.2. The van der Waals surface area contributed by atoms with Crippen molar-refractivity contribution in [3.8, 4) is 5.75 Å². The van der Waals surface area contributed by atoms with Gasteiger partial charge in [0.15, 0.2) is 9.84 Å². The molecule has 1 amide bonds. The van der Waals surface area contributed by atoms with E-state index < -0.39 is 9.84 Å². The van der Waals surface area contributed by atoms with Gasteiger partial charge >= 0.3 is 0 Å². The lowest BCUT2D eigenvalue weighted by atomic mass is 10.1. The van der Waals surface area contributed by atoms with Crippen LogP contribution < -0.4 is 10.1 Å². The highest BCUT2D eigenvalue weighted by molar-refractivity contribution is 7.90. The molecule has 3 aromatic rings. The van der Waals surface area contributed by atoms with Crippen LogP contribution in [0.2, 0.25) is 0 Å². The minimum Gasteiger partial charge on any atom is -0.489 e. The lowest BCUT2D eigenvalue weighted by Gasteiger charge is -2.15. The van der Waals surface area contributed by atoms with E-state index in [1.165, 1.54) is 6.26 Å². The maximum absolute atomic E-state index is 12.6. The molecule has 0 spiro atoms. The van der Waals surface area contributed by atoms with Crippen molar-refractivity contribution in [1.82, 2.24) is 5.32 Å². The highest BCUT2D eigenvalue weighted by Gasteiger charge is 2.14. The molecule has 3 aromatic carbocycles. The minimum atomic E-state index is -3.24. The van der Waals surface area contributed by atoms with Crippen LogP contribution in [0.15, 0.2) is 83.8 Å². The van der Waals surface area contributed by atoms with E-state index in [2.05, 4.69) is 5.32 Å². The predicted molar refractivity (Wildman–Crippen MR) is 113 cm³/mol. The maximum atomic E-state index is 12.6. The number of sulfone groups is 1. The number of rotatable bonds is 7. The highest BCUT2D eigenvalue weighted by Crippen LogP contribution is 2.19. The average molecular weight is 410 g/mol. The number of nitrogens with one attached hydrogen (secondary N) is 1. The van der Waals surface area contributed by atoms with Gasteiger partial charge in [-0.15, -0.1) is 0 Å². The number of amides is 1. The Morgan fingerprint density at radius 1 is 0.966 bits per heavy atom. The van der Waals surface area contributed by atoms with Gasteiger partial charge < -0.3 is 10.1 Å². The van der Waals surface area contributed by atoms with E-state index in [-0.39, 0.29) is 16.8 Å². The molecule has 150 valence electrons. The molecule has 5 nitrogen and oxygen atoms in total. The topological polar surface area (TPSA) is 72.5 Å². The summed E-state index contributed by atoms with van der Waals surface area (Å²) in [7, 11) is -3.24. The molecule has 1 atom stereocenters. The van der Waals surface area contributed by atoms with Crippen molar-refractivity contribution >= 4 is 15.7 Å². The van der Waals surface area contributed by atoms with Crippen molar-refractivity contribution in [3.63, 3.8) is 0 Å². The van der Waals surface area contributed by atoms with Gasteiger partial charge in [0.25, 0.3) is 5.91 Å². The number of hydrogen-bond donors (Lipinski definition) is 1. The van der Waals surface area contributed by atoms with Crippen LogP contribution in [0.25, 0.3) is 0 Å². The minimum absolute atomic E-state index is 0.227. The summed E-state index contributed by atoms with van der Waals surface area (Å²) in [5.74, 6) is 0.390. The summed E-state index contributed by atoms with van der Waals surface area (Å²) in [4.78, 5) is 12.9. The second-order valence-electron chi connectivity index (χ2n) is 6.84. The van der Waals surface area contributed by atoms with Gasteiger partial charge in [0, 0.05) is 11.8 Å². The molecule has 0 aliphatic rings. The third-order valence-corrected chi connectivity index (χ3v) is 5.63. The van der Waals surface area contributed by atoms with Gasteiger partial charge in [-0.25, -0.2) is 8.42 Å². The fourth-order valence-corrected chi connectivity index (χ4v) is 3.47. The second kappa shape index (κ2) is 8.92. The van der Waals surface area contributed by atoms with E-state index in [4.69, 9.17) is 4.74 Å². The van der Waals surface area contributed by atoms with Crippen molar-refractivity contribution in [2.24, 2.45) is 0 Å². The fraction of sp³-hybridized carbons (Fsp3) is 0.174. The Morgan fingerprint density at radius 2 is 1.66 bits per heavy atom. The van der Waals surface area contributed by atoms with Crippen molar-refractivity contribution in [1.29, 1.82) is 0 Å². The van der Waals surface area contributed by atoms with Gasteiger partial charge in [0.1, 0.15) is 12.4 Å². The lowest BCUT2D eigenvalue weighted by Crippen LogP contribution is -2.26. The SMILES string of the molecule is C[C@H](NC(=O)c1cccc(OCc2ccccc2)c1)c1ccc(S(C)(=O)=O)cc1. The van der Waals surface area contributed by atoms with E-state index in [9.17, 15) is 13.2 Å². The molecule has 3 rings (SSSR count). The van der Waals surface area contributed by atoms with Crippen LogP contribution in [0.3, 0.4) is 0 Å². The van der Waals surface area contributed by atoms with Crippen molar-refractivity contribution in [2.45, 2.75) is 24.5 Å². The summed E-state index contributed by atoms with van der Waals surface area (Å²) in [5.41, 5.74) is 2.37. The Balaban J connectivity index is 1.64. The summed E-state index contributed by atoms with van der Waals surface area (Å²) in [6, 6.07) is 23.1. The molecule has 0 aromatic heterocycles. The van der Waals surface area contributed by atoms with Crippen LogP contribution in [-0.2, 0) is 16.4 Å². The lowest BCUT2D eigenvalue weighted by molar-refractivity contribution is 0.0939. The molecular weight excluding hydrogens is 386 g/mol. The summed E-state index contributed by atoms with van der Waals surface area (Å²) < 4.78 is 28.9. The first-order valence-corrected chi connectivity index (χ1v) is 11.1. The third-order valence-electron chi connectivity index (χ3n) is 4.50. The Morgan fingerprint density at radius 3 is 2.31 bits per heavy atom. The molecule has 0 saturated carbocycles. The highest BCUT2D eigenvalue weighted by atomic mass is 32.2. The molecule has 0 fully saturated rings. The number of carbonyl (C=O) groups is 1. The molecule has 0 bridgehead atoms. The van der Waals surface area contributed by atoms with Crippen LogP contribution in [0.5, 0.6) is 5.75 Å². The molecule has 6 heteroatoms. The van der Waals surface area contributed by atoms with E-state index in [1.54, 1.807) is 42.5 Å². The molecule has 1 N–H and O–H groups in total. The van der Waals surface area contributed by atoms with Gasteiger partial charge in [-0.05, 0) is 48.4 Å². The predicted octanol–water partition coefficient (Wildman–Crippen LogP) is 4.16. The zero-order valence-electron chi connectivity index (χ0n) is 16.3. The van der Waals surface area contributed by atoms with Crippen molar-refractivity contribution in [3.05, 3.63) is 95.6 Å². The van der Waals surface area contributed by atoms with E-state index in [0.29, 0.717) is 17.9 Å². The standard InChI is InChI=1S/C23H23NO4S/c1-17(19-11-13-22(14-12-19)29(2,26)27)24-23(25)20-9-6-10-21(15-20)28-16-18-7-4-3-5-8-18/h3-15,17H,16H2,1-2H3,(H,24,25)/t17-/m0/s1. The Labute approximate surface area is 171 Å². The molecule has 29 heavy (non-hydrogen) atoms. The van der Waals surface area contributed by atoms with E-state index in [0.717, 1.165) is 11.1 Å². The summed E-state index contributed by atoms with van der Waals surface area (Å²) in [5, 5.41) is 2.93. The monoisotopic (exact) mass is 409 g/mol. The zero-order chi connectivity index (χ0) is 20.9. The van der Waals surface area contributed by atoms with Crippen LogP contribution in [0.4, 0.5) is 0 Å². The third kappa shape index (κ3) is 5.68. The molecule has 0 saturated heterocycles. The number of carbonyl (C=O) groups excluding carboxylic acids is 1. The van der Waals surface area contributed by atoms with E-state index in [1.807, 2.05) is 43.3 Å². The number of hydrogen-bond acceptors (Lipinski definition) is 4. The summed E-state index contributed by atoms with van der Waals surface area (Å²) >= 11 is 0. The van der Waals surface area contributed by atoms with Gasteiger partial charge in [0.2, 0.25) is 0 Å². The molecule has 0 unspecified atom stereocenters. The molecule has 0 heterocycles. The first-order valence-electron chi connectivity index (χ1n) is 9.20. The first-order chi connectivity index (χ1) is 13.8. The Kier molecular flexibility index (Phi) is 6.34. The molecule has 0 aliphatic carbocycles. The van der Waals surface area contributed by atoms with Gasteiger partial charge in [-0.1, -0.05) is 48.5 Å². The average Bonchev–Trinajstić information content (AvgIpc) is 2.72. The van der Waals surface area contributed by atoms with Gasteiger partial charge in [-0.3, -0.25) is 4.79 Å². The molecular formula is C23H23NO4S.